The van der Waals surface area contributed by atoms with Crippen molar-refractivity contribution in [1.29, 1.82) is 0 Å². The number of thiophene rings is 1. The summed E-state index contributed by atoms with van der Waals surface area (Å²) in [6.07, 6.45) is 0. The van der Waals surface area contributed by atoms with Crippen molar-refractivity contribution in [1.82, 2.24) is 0 Å². The van der Waals surface area contributed by atoms with E-state index in [2.05, 4.69) is 10.3 Å². The van der Waals surface area contributed by atoms with Gasteiger partial charge in [0.2, 0.25) is 0 Å². The second-order valence-corrected chi connectivity index (χ2v) is 6.68. The molecule has 0 saturated heterocycles. The fourth-order valence-corrected chi connectivity index (χ4v) is 4.01. The van der Waals surface area contributed by atoms with Gasteiger partial charge in [0.1, 0.15) is 11.6 Å². The van der Waals surface area contributed by atoms with Crippen molar-refractivity contribution in [2.24, 2.45) is 10.7 Å². The Morgan fingerprint density at radius 1 is 1.23 bits per heavy atom. The van der Waals surface area contributed by atoms with E-state index in [0.717, 1.165) is 31.8 Å². The summed E-state index contributed by atoms with van der Waals surface area (Å²) in [6.45, 7) is 0. The number of aromatic carboxylic acids is 1. The zero-order valence-electron chi connectivity index (χ0n) is 14.7. The Bertz CT molecular complexity index is 1020. The van der Waals surface area contributed by atoms with E-state index in [1.165, 1.54) is 13.2 Å². The molecule has 3 rings (SSSR count). The maximum absolute atomic E-state index is 11.4. The van der Waals surface area contributed by atoms with E-state index >= 15 is 0 Å². The third-order valence-electron chi connectivity index (χ3n) is 4.14. The minimum Gasteiger partial charge on any atom is -0.497 e. The first kappa shape index (κ1) is 17.8. The number of fused-ring (bicyclic) bond motifs is 1. The van der Waals surface area contributed by atoms with Crippen LogP contribution < -0.4 is 15.8 Å². The van der Waals surface area contributed by atoms with E-state index in [-0.39, 0.29) is 5.56 Å². The number of nitrogens with two attached hydrogens (primary N) is 1. The molecule has 7 heteroatoms. The number of benzene rings is 2. The first-order valence-corrected chi connectivity index (χ1v) is 8.69. The molecule has 0 radical (unpaired) electrons. The summed E-state index contributed by atoms with van der Waals surface area (Å²) in [5, 5.41) is 13.6. The second-order valence-electron chi connectivity index (χ2n) is 5.63. The minimum absolute atomic E-state index is 0.185. The zero-order valence-corrected chi connectivity index (χ0v) is 15.5. The van der Waals surface area contributed by atoms with Gasteiger partial charge in [-0.15, -0.1) is 11.3 Å². The predicted molar refractivity (Wildman–Crippen MR) is 107 cm³/mol. The van der Waals surface area contributed by atoms with E-state index in [9.17, 15) is 9.90 Å². The highest BCUT2D eigenvalue weighted by atomic mass is 32.1. The van der Waals surface area contributed by atoms with Crippen LogP contribution in [0.5, 0.6) is 5.75 Å². The number of nitrogens with one attached hydrogen (secondary N) is 1. The van der Waals surface area contributed by atoms with Crippen molar-refractivity contribution < 1.29 is 14.6 Å². The number of carboxylic acid groups (broad SMARTS) is 1. The standard InChI is InChI=1S/C19H19N3O3S/c1-21-16-14-5-4-10(9-15(14)26-17(16)18(20)22-2)11-6-12(19(23)24)8-13(7-11)25-3/h4-9,21H,1-3H3,(H2,20,22)(H,23,24). The lowest BCUT2D eigenvalue weighted by atomic mass is 10.0. The maximum Gasteiger partial charge on any atom is 0.335 e. The lowest BCUT2D eigenvalue weighted by molar-refractivity contribution is 0.0696. The Hall–Kier alpha value is -3.06. The van der Waals surface area contributed by atoms with Crippen molar-refractivity contribution in [3.8, 4) is 16.9 Å². The number of nitrogens with zero attached hydrogens (tertiary/aromatic N) is 1. The molecule has 0 aliphatic rings. The lowest BCUT2D eigenvalue weighted by Crippen LogP contribution is -2.12. The summed E-state index contributed by atoms with van der Waals surface area (Å²) in [6, 6.07) is 10.9. The van der Waals surface area contributed by atoms with E-state index in [1.54, 1.807) is 24.5 Å². The molecule has 2 aromatic carbocycles. The van der Waals surface area contributed by atoms with Gasteiger partial charge in [0.25, 0.3) is 0 Å². The molecule has 0 aliphatic heterocycles. The average Bonchev–Trinajstić information content (AvgIpc) is 3.04. The van der Waals surface area contributed by atoms with Gasteiger partial charge in [0.05, 0.1) is 23.2 Å². The fraction of sp³-hybridized carbons (Fsp3) is 0.158. The average molecular weight is 369 g/mol. The van der Waals surface area contributed by atoms with Gasteiger partial charge in [-0.3, -0.25) is 4.99 Å². The topological polar surface area (TPSA) is 96.9 Å². The van der Waals surface area contributed by atoms with Crippen LogP contribution in [0.4, 0.5) is 5.69 Å². The molecule has 0 bridgehead atoms. The summed E-state index contributed by atoms with van der Waals surface area (Å²) in [7, 11) is 5.03. The first-order valence-electron chi connectivity index (χ1n) is 7.88. The number of methoxy groups -OCH3 is 1. The zero-order chi connectivity index (χ0) is 18.8. The normalized spacial score (nSPS) is 11.6. The number of anilines is 1. The molecule has 0 amide bonds. The summed E-state index contributed by atoms with van der Waals surface area (Å²) >= 11 is 1.54. The molecule has 0 spiro atoms. The summed E-state index contributed by atoms with van der Waals surface area (Å²) in [4.78, 5) is 16.3. The first-order chi connectivity index (χ1) is 12.5. The lowest BCUT2D eigenvalue weighted by Gasteiger charge is -2.08. The van der Waals surface area contributed by atoms with Gasteiger partial charge in [0.15, 0.2) is 0 Å². The van der Waals surface area contributed by atoms with Gasteiger partial charge in [-0.05, 0) is 35.4 Å². The van der Waals surface area contributed by atoms with E-state index in [0.29, 0.717) is 11.6 Å². The fourth-order valence-electron chi connectivity index (χ4n) is 2.81. The van der Waals surface area contributed by atoms with Gasteiger partial charge in [-0.2, -0.15) is 0 Å². The predicted octanol–water partition coefficient (Wildman–Crippen LogP) is 3.65. The third kappa shape index (κ3) is 3.09. The van der Waals surface area contributed by atoms with Crippen LogP contribution >= 0.6 is 11.3 Å². The number of rotatable bonds is 5. The number of amidine groups is 1. The van der Waals surface area contributed by atoms with Gasteiger partial charge in [-0.1, -0.05) is 12.1 Å². The SMILES string of the molecule is CN=C(N)c1sc2cc(-c3cc(OC)cc(C(=O)O)c3)ccc2c1NC. The molecule has 134 valence electrons. The van der Waals surface area contributed by atoms with Crippen LogP contribution in [0.3, 0.4) is 0 Å². The van der Waals surface area contributed by atoms with Crippen LogP contribution in [0.1, 0.15) is 15.2 Å². The molecule has 1 aromatic heterocycles. The number of aliphatic imine (C=N–C) groups is 1. The largest absolute Gasteiger partial charge is 0.497 e. The Labute approximate surface area is 154 Å². The Kier molecular flexibility index (Phi) is 4.81. The molecule has 6 nitrogen and oxygen atoms in total. The van der Waals surface area contributed by atoms with Gasteiger partial charge in [-0.25, -0.2) is 4.79 Å². The summed E-state index contributed by atoms with van der Waals surface area (Å²) < 4.78 is 6.27. The van der Waals surface area contributed by atoms with Gasteiger partial charge in [0, 0.05) is 24.2 Å². The molecule has 0 aliphatic carbocycles. The van der Waals surface area contributed by atoms with Gasteiger partial charge < -0.3 is 20.9 Å². The monoisotopic (exact) mass is 369 g/mol. The van der Waals surface area contributed by atoms with Crippen LogP contribution in [-0.4, -0.2) is 38.1 Å². The van der Waals surface area contributed by atoms with E-state index < -0.39 is 5.97 Å². The smallest absolute Gasteiger partial charge is 0.335 e. The number of hydrogen-bond acceptors (Lipinski definition) is 5. The molecule has 26 heavy (non-hydrogen) atoms. The minimum atomic E-state index is -0.992. The van der Waals surface area contributed by atoms with Crippen LogP contribution in [0.25, 0.3) is 21.2 Å². The van der Waals surface area contributed by atoms with E-state index in [4.69, 9.17) is 10.5 Å². The molecule has 0 fully saturated rings. The molecule has 4 N–H and O–H groups in total. The molecule has 0 atom stereocenters. The second kappa shape index (κ2) is 7.05. The molecule has 0 saturated carbocycles. The van der Waals surface area contributed by atoms with Crippen molar-refractivity contribution >= 4 is 38.9 Å². The third-order valence-corrected chi connectivity index (χ3v) is 5.31. The van der Waals surface area contributed by atoms with Gasteiger partial charge >= 0.3 is 5.97 Å². The van der Waals surface area contributed by atoms with Crippen LogP contribution in [0, 0.1) is 0 Å². The van der Waals surface area contributed by atoms with Crippen LogP contribution in [-0.2, 0) is 0 Å². The molecular weight excluding hydrogens is 350 g/mol. The molecule has 0 unspecified atom stereocenters. The highest BCUT2D eigenvalue weighted by Crippen LogP contribution is 2.38. The number of hydrogen-bond donors (Lipinski definition) is 3. The molecule has 3 aromatic rings. The van der Waals surface area contributed by atoms with Crippen molar-refractivity contribution in [3.63, 3.8) is 0 Å². The van der Waals surface area contributed by atoms with Crippen molar-refractivity contribution in [2.75, 3.05) is 26.5 Å². The number of ether oxygens (including phenoxy) is 1. The number of carbonyl (C=O) groups is 1. The van der Waals surface area contributed by atoms with Crippen LogP contribution in [0.2, 0.25) is 0 Å². The summed E-state index contributed by atoms with van der Waals surface area (Å²) in [5.41, 5.74) is 8.82. The Morgan fingerprint density at radius 3 is 2.62 bits per heavy atom. The maximum atomic E-state index is 11.4. The highest BCUT2D eigenvalue weighted by Gasteiger charge is 2.15. The number of carboxylic acids is 1. The van der Waals surface area contributed by atoms with E-state index in [1.807, 2.05) is 31.3 Å². The molecule has 1 heterocycles. The Morgan fingerprint density at radius 2 is 2.00 bits per heavy atom. The van der Waals surface area contributed by atoms with Crippen LogP contribution in [0.15, 0.2) is 41.4 Å². The van der Waals surface area contributed by atoms with Crippen molar-refractivity contribution in [3.05, 3.63) is 46.8 Å². The quantitative estimate of drug-likeness (QED) is 0.471. The molecular formula is C19H19N3O3S. The van der Waals surface area contributed by atoms with Crippen molar-refractivity contribution in [2.45, 2.75) is 0 Å². The highest BCUT2D eigenvalue weighted by molar-refractivity contribution is 7.21. The summed E-state index contributed by atoms with van der Waals surface area (Å²) in [5.74, 6) is -0.00850. The Balaban J connectivity index is 2.18.